The van der Waals surface area contributed by atoms with E-state index in [1.165, 1.54) is 17.7 Å². The summed E-state index contributed by atoms with van der Waals surface area (Å²) in [6.45, 7) is 3.04. The van der Waals surface area contributed by atoms with Gasteiger partial charge in [0, 0.05) is 12.6 Å². The fourth-order valence-electron chi connectivity index (χ4n) is 2.93. The van der Waals surface area contributed by atoms with Crippen LogP contribution in [0.3, 0.4) is 0 Å². The van der Waals surface area contributed by atoms with Gasteiger partial charge in [-0.2, -0.15) is 0 Å². The second-order valence-electron chi connectivity index (χ2n) is 6.60. The van der Waals surface area contributed by atoms with Crippen LogP contribution in [0, 0.1) is 5.82 Å². The molecule has 0 bridgehead atoms. The van der Waals surface area contributed by atoms with Crippen LogP contribution in [0.2, 0.25) is 0 Å². The number of hydrogen-bond donors (Lipinski definition) is 3. The summed E-state index contributed by atoms with van der Waals surface area (Å²) in [5.41, 5.74) is 7.26. The molecule has 1 fully saturated rings. The molecule has 1 heterocycles. The minimum absolute atomic E-state index is 0.0134. The normalized spacial score (nSPS) is 20.5. The average Bonchev–Trinajstić information content (AvgIpc) is 3.14. The van der Waals surface area contributed by atoms with Crippen molar-refractivity contribution in [2.45, 2.75) is 31.3 Å². The van der Waals surface area contributed by atoms with E-state index < -0.39 is 0 Å². The summed E-state index contributed by atoms with van der Waals surface area (Å²) < 4.78 is 18.7. The number of hydrogen-bond acceptors (Lipinski definition) is 4. The highest BCUT2D eigenvalue weighted by Gasteiger charge is 2.29. The Balaban J connectivity index is 1.41. The molecule has 0 spiro atoms. The topological polar surface area (TPSA) is 62.4 Å². The van der Waals surface area contributed by atoms with Gasteiger partial charge in [-0.3, -0.25) is 10.2 Å². The highest BCUT2D eigenvalue weighted by Crippen LogP contribution is 2.15. The number of benzene rings is 2. The lowest BCUT2D eigenvalue weighted by molar-refractivity contribution is -0.122. The van der Waals surface area contributed by atoms with Crippen molar-refractivity contribution in [3.05, 3.63) is 66.0 Å². The fraction of sp³-hybridized carbons (Fsp3) is 0.350. The van der Waals surface area contributed by atoms with Gasteiger partial charge in [-0.05, 0) is 30.0 Å². The van der Waals surface area contributed by atoms with Crippen molar-refractivity contribution in [2.24, 2.45) is 0 Å². The van der Waals surface area contributed by atoms with Crippen molar-refractivity contribution in [2.75, 3.05) is 13.2 Å². The number of carbonyl (C=O) groups is 1. The summed E-state index contributed by atoms with van der Waals surface area (Å²) in [6.07, 6.45) is 0.612. The number of hydrazine groups is 1. The van der Waals surface area contributed by atoms with Crippen LogP contribution in [-0.2, 0) is 4.79 Å². The standard InChI is InChI=1S/C20H24FN3O2/c1-14(15-6-3-2-4-7-15)12-22-20(25)19-11-17(23-24-19)13-26-18-9-5-8-16(21)10-18/h2-10,14,17,19,23-24H,11-13H2,1H3,(H,22,25). The maximum absolute atomic E-state index is 13.1. The number of rotatable bonds is 7. The first-order chi connectivity index (χ1) is 12.6. The molecule has 3 rings (SSSR count). The zero-order valence-corrected chi connectivity index (χ0v) is 14.7. The van der Waals surface area contributed by atoms with Crippen LogP contribution in [0.1, 0.15) is 24.8 Å². The summed E-state index contributed by atoms with van der Waals surface area (Å²) in [4.78, 5) is 12.3. The second kappa shape index (κ2) is 8.78. The SMILES string of the molecule is CC(CNC(=O)C1CC(COc2cccc(F)c2)NN1)c1ccccc1. The van der Waals surface area contributed by atoms with E-state index in [1.54, 1.807) is 12.1 Å². The third-order valence-electron chi connectivity index (χ3n) is 4.50. The molecular formula is C20H24FN3O2. The predicted octanol–water partition coefficient (Wildman–Crippen LogP) is 2.36. The Kier molecular flexibility index (Phi) is 6.20. The molecule has 2 aromatic rings. The summed E-state index contributed by atoms with van der Waals surface area (Å²) in [7, 11) is 0. The van der Waals surface area contributed by atoms with E-state index in [0.29, 0.717) is 25.3 Å². The molecule has 1 aliphatic heterocycles. The van der Waals surface area contributed by atoms with Gasteiger partial charge < -0.3 is 10.1 Å². The molecule has 138 valence electrons. The van der Waals surface area contributed by atoms with E-state index in [-0.39, 0.29) is 29.7 Å². The summed E-state index contributed by atoms with van der Waals surface area (Å²) in [5, 5.41) is 2.99. The first-order valence-electron chi connectivity index (χ1n) is 8.84. The smallest absolute Gasteiger partial charge is 0.238 e. The highest BCUT2D eigenvalue weighted by molar-refractivity contribution is 5.82. The molecule has 3 atom stereocenters. The van der Waals surface area contributed by atoms with Gasteiger partial charge in [-0.1, -0.05) is 43.3 Å². The number of ether oxygens (including phenoxy) is 1. The van der Waals surface area contributed by atoms with E-state index in [2.05, 4.69) is 35.2 Å². The Morgan fingerprint density at radius 3 is 2.81 bits per heavy atom. The van der Waals surface area contributed by atoms with Gasteiger partial charge in [0.05, 0.1) is 6.04 Å². The van der Waals surface area contributed by atoms with Gasteiger partial charge in [0.25, 0.3) is 0 Å². The first kappa shape index (κ1) is 18.4. The lowest BCUT2D eigenvalue weighted by Gasteiger charge is -2.15. The van der Waals surface area contributed by atoms with Crippen LogP contribution < -0.4 is 20.9 Å². The van der Waals surface area contributed by atoms with E-state index in [1.807, 2.05) is 18.2 Å². The highest BCUT2D eigenvalue weighted by atomic mass is 19.1. The van der Waals surface area contributed by atoms with Crippen molar-refractivity contribution < 1.29 is 13.9 Å². The fourth-order valence-corrected chi connectivity index (χ4v) is 2.93. The Morgan fingerprint density at radius 2 is 2.04 bits per heavy atom. The molecule has 2 aromatic carbocycles. The van der Waals surface area contributed by atoms with E-state index in [0.717, 1.165) is 0 Å². The lowest BCUT2D eigenvalue weighted by Crippen LogP contribution is -2.44. The number of nitrogens with one attached hydrogen (secondary N) is 3. The van der Waals surface area contributed by atoms with Crippen LogP contribution in [-0.4, -0.2) is 31.1 Å². The van der Waals surface area contributed by atoms with Gasteiger partial charge in [-0.25, -0.2) is 9.82 Å². The minimum Gasteiger partial charge on any atom is -0.492 e. The van der Waals surface area contributed by atoms with Crippen LogP contribution in [0.5, 0.6) is 5.75 Å². The Labute approximate surface area is 152 Å². The number of carbonyl (C=O) groups excluding carboxylic acids is 1. The van der Waals surface area contributed by atoms with Crippen LogP contribution in [0.15, 0.2) is 54.6 Å². The molecule has 0 saturated carbocycles. The van der Waals surface area contributed by atoms with Gasteiger partial charge in [0.15, 0.2) is 0 Å². The van der Waals surface area contributed by atoms with Crippen molar-refractivity contribution >= 4 is 5.91 Å². The van der Waals surface area contributed by atoms with Gasteiger partial charge in [0.2, 0.25) is 5.91 Å². The van der Waals surface area contributed by atoms with Crippen LogP contribution in [0.25, 0.3) is 0 Å². The summed E-state index contributed by atoms with van der Waals surface area (Å²) >= 11 is 0. The average molecular weight is 357 g/mol. The minimum atomic E-state index is -0.329. The van der Waals surface area contributed by atoms with Crippen molar-refractivity contribution in [1.29, 1.82) is 0 Å². The van der Waals surface area contributed by atoms with E-state index in [9.17, 15) is 9.18 Å². The van der Waals surface area contributed by atoms with E-state index in [4.69, 9.17) is 4.74 Å². The molecule has 0 radical (unpaired) electrons. The number of amides is 1. The van der Waals surface area contributed by atoms with Crippen LogP contribution >= 0.6 is 0 Å². The molecule has 1 saturated heterocycles. The molecule has 1 amide bonds. The quantitative estimate of drug-likeness (QED) is 0.712. The third kappa shape index (κ3) is 5.03. The van der Waals surface area contributed by atoms with Gasteiger partial charge in [-0.15, -0.1) is 0 Å². The van der Waals surface area contributed by atoms with Crippen molar-refractivity contribution in [3.63, 3.8) is 0 Å². The first-order valence-corrected chi connectivity index (χ1v) is 8.84. The second-order valence-corrected chi connectivity index (χ2v) is 6.60. The van der Waals surface area contributed by atoms with E-state index >= 15 is 0 Å². The van der Waals surface area contributed by atoms with Gasteiger partial charge in [0.1, 0.15) is 24.2 Å². The molecule has 0 aromatic heterocycles. The molecular weight excluding hydrogens is 333 g/mol. The zero-order valence-electron chi connectivity index (χ0n) is 14.7. The monoisotopic (exact) mass is 357 g/mol. The molecule has 0 aliphatic carbocycles. The third-order valence-corrected chi connectivity index (χ3v) is 4.50. The maximum Gasteiger partial charge on any atom is 0.238 e. The lowest BCUT2D eigenvalue weighted by atomic mass is 10.0. The van der Waals surface area contributed by atoms with Crippen molar-refractivity contribution in [1.82, 2.24) is 16.2 Å². The largest absolute Gasteiger partial charge is 0.492 e. The predicted molar refractivity (Wildman–Crippen MR) is 98.2 cm³/mol. The molecule has 3 N–H and O–H groups in total. The maximum atomic E-state index is 13.1. The van der Waals surface area contributed by atoms with Crippen LogP contribution in [0.4, 0.5) is 4.39 Å². The molecule has 26 heavy (non-hydrogen) atoms. The molecule has 1 aliphatic rings. The summed E-state index contributed by atoms with van der Waals surface area (Å²) in [5.74, 6) is 0.372. The Hall–Kier alpha value is -2.44. The molecule has 5 nitrogen and oxygen atoms in total. The number of halogens is 1. The molecule has 6 heteroatoms. The Bertz CT molecular complexity index is 726. The van der Waals surface area contributed by atoms with Crippen molar-refractivity contribution in [3.8, 4) is 5.75 Å². The Morgan fingerprint density at radius 1 is 1.23 bits per heavy atom. The van der Waals surface area contributed by atoms with Gasteiger partial charge >= 0.3 is 0 Å². The zero-order chi connectivity index (χ0) is 18.4. The summed E-state index contributed by atoms with van der Waals surface area (Å²) in [6, 6.07) is 15.8. The molecule has 3 unspecified atom stereocenters.